The third-order valence-electron chi connectivity index (χ3n) is 5.82. The molecule has 0 saturated heterocycles. The molecule has 0 spiro atoms. The molecule has 2 aromatic rings. The number of carbonyl (C=O) groups is 2. The highest BCUT2D eigenvalue weighted by atomic mass is 32.1. The van der Waals surface area contributed by atoms with E-state index >= 15 is 0 Å². The Morgan fingerprint density at radius 3 is 2.57 bits per heavy atom. The maximum absolute atomic E-state index is 12.2. The van der Waals surface area contributed by atoms with Gasteiger partial charge in [0, 0.05) is 16.9 Å². The standard InChI is InChI=1S/C25H30O4S/c1-2-3-4-8-22(27)17-9-11-18(12-10-17)24-19(15-23(28)25(24)29)6-5-7-20-13-14-21(16-26)30-20/h9-14,16,19,22,27,29H,2-8,15H2,1H3/t19-,22?/m0/s1. The van der Waals surface area contributed by atoms with Crippen LogP contribution in [0.2, 0.25) is 0 Å². The Labute approximate surface area is 182 Å². The largest absolute Gasteiger partial charge is 0.504 e. The van der Waals surface area contributed by atoms with E-state index in [0.29, 0.717) is 6.42 Å². The maximum Gasteiger partial charge on any atom is 0.198 e. The normalized spacial score (nSPS) is 17.5. The lowest BCUT2D eigenvalue weighted by Gasteiger charge is -2.16. The van der Waals surface area contributed by atoms with Gasteiger partial charge in [-0.3, -0.25) is 9.59 Å². The molecule has 1 aliphatic carbocycles. The van der Waals surface area contributed by atoms with E-state index < -0.39 is 6.10 Å². The lowest BCUT2D eigenvalue weighted by molar-refractivity contribution is -0.117. The molecule has 30 heavy (non-hydrogen) atoms. The fourth-order valence-electron chi connectivity index (χ4n) is 4.14. The van der Waals surface area contributed by atoms with Crippen molar-refractivity contribution in [1.82, 2.24) is 0 Å². The van der Waals surface area contributed by atoms with Crippen LogP contribution in [0.1, 0.15) is 83.6 Å². The zero-order valence-corrected chi connectivity index (χ0v) is 18.3. The SMILES string of the molecule is CCCCCC(O)c1ccc(C2=C(O)C(=O)C[C@@H]2CCCc2ccc(C=O)s2)cc1. The monoisotopic (exact) mass is 426 g/mol. The third-order valence-corrected chi connectivity index (χ3v) is 6.89. The van der Waals surface area contributed by atoms with Crippen LogP contribution >= 0.6 is 11.3 Å². The first-order valence-electron chi connectivity index (χ1n) is 10.8. The van der Waals surface area contributed by atoms with Gasteiger partial charge in [-0.25, -0.2) is 0 Å². The molecule has 3 rings (SSSR count). The van der Waals surface area contributed by atoms with Crippen LogP contribution in [-0.4, -0.2) is 22.3 Å². The van der Waals surface area contributed by atoms with Crippen molar-refractivity contribution in [3.63, 3.8) is 0 Å². The first kappa shape index (κ1) is 22.4. The summed E-state index contributed by atoms with van der Waals surface area (Å²) in [5.41, 5.74) is 2.46. The topological polar surface area (TPSA) is 74.6 Å². The van der Waals surface area contributed by atoms with Crippen molar-refractivity contribution in [3.05, 3.63) is 63.0 Å². The van der Waals surface area contributed by atoms with Crippen molar-refractivity contribution < 1.29 is 19.8 Å². The van der Waals surface area contributed by atoms with E-state index in [0.717, 1.165) is 77.7 Å². The lowest BCUT2D eigenvalue weighted by atomic mass is 9.89. The highest BCUT2D eigenvalue weighted by Gasteiger charge is 2.32. The molecule has 0 amide bonds. The molecule has 1 aromatic heterocycles. The lowest BCUT2D eigenvalue weighted by Crippen LogP contribution is -2.02. The quantitative estimate of drug-likeness (QED) is 0.338. The van der Waals surface area contributed by atoms with Crippen molar-refractivity contribution in [3.8, 4) is 0 Å². The molecule has 0 radical (unpaired) electrons. The second-order valence-electron chi connectivity index (χ2n) is 8.03. The summed E-state index contributed by atoms with van der Waals surface area (Å²) in [6, 6.07) is 11.4. The van der Waals surface area contributed by atoms with E-state index in [9.17, 15) is 19.8 Å². The van der Waals surface area contributed by atoms with Crippen LogP contribution in [0.3, 0.4) is 0 Å². The number of hydrogen-bond acceptors (Lipinski definition) is 5. The number of aryl methyl sites for hydroxylation is 1. The molecule has 0 bridgehead atoms. The molecule has 2 N–H and O–H groups in total. The van der Waals surface area contributed by atoms with Crippen LogP contribution in [0.25, 0.3) is 5.57 Å². The minimum absolute atomic E-state index is 0.00308. The summed E-state index contributed by atoms with van der Waals surface area (Å²) in [5.74, 6) is -0.308. The van der Waals surface area contributed by atoms with E-state index in [-0.39, 0.29) is 17.5 Å². The van der Waals surface area contributed by atoms with Crippen LogP contribution in [-0.2, 0) is 11.2 Å². The first-order chi connectivity index (χ1) is 14.5. The number of aldehydes is 1. The molecular formula is C25H30O4S. The van der Waals surface area contributed by atoms with Gasteiger partial charge in [-0.05, 0) is 54.9 Å². The number of unbranched alkanes of at least 4 members (excludes halogenated alkanes) is 2. The van der Waals surface area contributed by atoms with Gasteiger partial charge in [-0.1, -0.05) is 50.5 Å². The van der Waals surface area contributed by atoms with Crippen molar-refractivity contribution in [2.75, 3.05) is 0 Å². The Morgan fingerprint density at radius 1 is 1.13 bits per heavy atom. The van der Waals surface area contributed by atoms with Crippen LogP contribution in [0, 0.1) is 5.92 Å². The maximum atomic E-state index is 12.2. The number of aliphatic hydroxyl groups is 2. The van der Waals surface area contributed by atoms with Crippen molar-refractivity contribution in [2.24, 2.45) is 5.92 Å². The first-order valence-corrected chi connectivity index (χ1v) is 11.6. The Kier molecular flexibility index (Phi) is 8.00. The number of carbonyl (C=O) groups excluding carboxylic acids is 2. The Hall–Kier alpha value is -2.24. The molecule has 2 atom stereocenters. The van der Waals surface area contributed by atoms with Gasteiger partial charge in [0.05, 0.1) is 11.0 Å². The van der Waals surface area contributed by atoms with E-state index in [2.05, 4.69) is 6.92 Å². The molecule has 1 aliphatic rings. The Morgan fingerprint density at radius 2 is 1.90 bits per heavy atom. The summed E-state index contributed by atoms with van der Waals surface area (Å²) < 4.78 is 0. The van der Waals surface area contributed by atoms with E-state index in [4.69, 9.17) is 0 Å². The number of rotatable bonds is 11. The molecule has 1 aromatic carbocycles. The highest BCUT2D eigenvalue weighted by Crippen LogP contribution is 2.39. The van der Waals surface area contributed by atoms with Gasteiger partial charge < -0.3 is 10.2 Å². The summed E-state index contributed by atoms with van der Waals surface area (Å²) in [7, 11) is 0. The zero-order valence-electron chi connectivity index (χ0n) is 17.5. The number of aliphatic hydroxyl groups excluding tert-OH is 2. The minimum Gasteiger partial charge on any atom is -0.504 e. The molecule has 1 heterocycles. The average Bonchev–Trinajstić information content (AvgIpc) is 3.32. The summed E-state index contributed by atoms with van der Waals surface area (Å²) in [4.78, 5) is 24.9. The molecule has 0 saturated carbocycles. The number of ketones is 1. The fraction of sp³-hybridized carbons (Fsp3) is 0.440. The van der Waals surface area contributed by atoms with Gasteiger partial charge in [0.1, 0.15) is 0 Å². The Balaban J connectivity index is 1.64. The van der Waals surface area contributed by atoms with E-state index in [1.807, 2.05) is 36.4 Å². The molecule has 5 heteroatoms. The van der Waals surface area contributed by atoms with Gasteiger partial charge in [-0.15, -0.1) is 11.3 Å². The second kappa shape index (κ2) is 10.7. The van der Waals surface area contributed by atoms with Gasteiger partial charge in [0.15, 0.2) is 17.8 Å². The van der Waals surface area contributed by atoms with Gasteiger partial charge in [-0.2, -0.15) is 0 Å². The molecule has 160 valence electrons. The molecule has 1 unspecified atom stereocenters. The number of hydrogen-bond donors (Lipinski definition) is 2. The van der Waals surface area contributed by atoms with Crippen LogP contribution in [0.5, 0.6) is 0 Å². The average molecular weight is 427 g/mol. The van der Waals surface area contributed by atoms with Crippen LogP contribution in [0.4, 0.5) is 0 Å². The summed E-state index contributed by atoms with van der Waals surface area (Å²) in [6.45, 7) is 2.14. The second-order valence-corrected chi connectivity index (χ2v) is 9.23. The fourth-order valence-corrected chi connectivity index (χ4v) is 5.01. The smallest absolute Gasteiger partial charge is 0.198 e. The molecule has 0 fully saturated rings. The van der Waals surface area contributed by atoms with Crippen LogP contribution < -0.4 is 0 Å². The van der Waals surface area contributed by atoms with Gasteiger partial charge in [0.2, 0.25) is 0 Å². The molecule has 0 aliphatic heterocycles. The highest BCUT2D eigenvalue weighted by molar-refractivity contribution is 7.13. The van der Waals surface area contributed by atoms with E-state index in [1.165, 1.54) is 11.3 Å². The number of Topliss-reactive ketones (excluding diaryl/α,β-unsaturated/α-hetero) is 1. The number of thiophene rings is 1. The van der Waals surface area contributed by atoms with Gasteiger partial charge >= 0.3 is 0 Å². The van der Waals surface area contributed by atoms with Crippen molar-refractivity contribution >= 4 is 29.0 Å². The summed E-state index contributed by atoms with van der Waals surface area (Å²) in [5, 5.41) is 20.8. The molecule has 4 nitrogen and oxygen atoms in total. The Bertz CT molecular complexity index is 894. The van der Waals surface area contributed by atoms with Crippen LogP contribution in [0.15, 0.2) is 42.2 Å². The van der Waals surface area contributed by atoms with Crippen molar-refractivity contribution in [1.29, 1.82) is 0 Å². The van der Waals surface area contributed by atoms with Crippen molar-refractivity contribution in [2.45, 2.75) is 64.4 Å². The van der Waals surface area contributed by atoms with Gasteiger partial charge in [0.25, 0.3) is 0 Å². The minimum atomic E-state index is -0.476. The zero-order chi connectivity index (χ0) is 21.5. The summed E-state index contributed by atoms with van der Waals surface area (Å²) in [6.07, 6.45) is 7.27. The molecular weight excluding hydrogens is 396 g/mol. The predicted molar refractivity (Wildman–Crippen MR) is 121 cm³/mol. The summed E-state index contributed by atoms with van der Waals surface area (Å²) >= 11 is 1.50. The number of allylic oxidation sites excluding steroid dienone is 2. The number of benzene rings is 1. The predicted octanol–water partition coefficient (Wildman–Crippen LogP) is 6.06. The van der Waals surface area contributed by atoms with E-state index in [1.54, 1.807) is 0 Å². The third kappa shape index (κ3) is 5.46.